The lowest BCUT2D eigenvalue weighted by molar-refractivity contribution is -0.385. The standard InChI is InChI=1S/C17H19N3O5S/c21-16(18-7-3-4-8-18)15-9-13(26)10-19(15)17(22)25-11-12-5-1-2-6-14(12)20(23)24/h1-6,13,15,26H,7-11H2/t13-,15?/m0/s1. The lowest BCUT2D eigenvalue weighted by atomic mass is 10.2. The first-order valence-electron chi connectivity index (χ1n) is 8.25. The van der Waals surface area contributed by atoms with Crippen LogP contribution >= 0.6 is 12.6 Å². The first kappa shape index (κ1) is 18.2. The fourth-order valence-corrected chi connectivity index (χ4v) is 3.53. The fourth-order valence-electron chi connectivity index (χ4n) is 3.15. The van der Waals surface area contributed by atoms with E-state index < -0.39 is 17.1 Å². The second-order valence-electron chi connectivity index (χ2n) is 6.21. The molecule has 0 spiro atoms. The Morgan fingerprint density at radius 2 is 1.96 bits per heavy atom. The minimum Gasteiger partial charge on any atom is -0.444 e. The van der Waals surface area contributed by atoms with Gasteiger partial charge in [0, 0.05) is 31.0 Å². The van der Waals surface area contributed by atoms with E-state index in [0.29, 0.717) is 31.6 Å². The van der Waals surface area contributed by atoms with Gasteiger partial charge in [0.1, 0.15) is 12.6 Å². The van der Waals surface area contributed by atoms with E-state index in [1.807, 2.05) is 12.2 Å². The number of ether oxygens (including phenoxy) is 1. The van der Waals surface area contributed by atoms with Crippen LogP contribution in [0.2, 0.25) is 0 Å². The number of nitro groups is 1. The highest BCUT2D eigenvalue weighted by Crippen LogP contribution is 2.26. The number of carbonyl (C=O) groups is 2. The SMILES string of the molecule is O=C(C1C[C@H](S)CN1C(=O)OCc1ccccc1[N+](=O)[O-])N1CC=CC1. The van der Waals surface area contributed by atoms with Gasteiger partial charge in [-0.05, 0) is 12.5 Å². The third-order valence-corrected chi connectivity index (χ3v) is 4.84. The Hall–Kier alpha value is -2.55. The maximum Gasteiger partial charge on any atom is 0.410 e. The average Bonchev–Trinajstić information content (AvgIpc) is 3.29. The number of nitro benzene ring substituents is 1. The van der Waals surface area contributed by atoms with Crippen LogP contribution in [0.1, 0.15) is 12.0 Å². The first-order valence-corrected chi connectivity index (χ1v) is 8.76. The molecule has 0 aliphatic carbocycles. The summed E-state index contributed by atoms with van der Waals surface area (Å²) < 4.78 is 5.26. The predicted octanol–water partition coefficient (Wildman–Crippen LogP) is 2.00. The zero-order valence-electron chi connectivity index (χ0n) is 14.0. The van der Waals surface area contributed by atoms with E-state index in [1.54, 1.807) is 17.0 Å². The van der Waals surface area contributed by atoms with Crippen molar-refractivity contribution in [2.24, 2.45) is 0 Å². The predicted molar refractivity (Wildman–Crippen MR) is 96.9 cm³/mol. The summed E-state index contributed by atoms with van der Waals surface area (Å²) in [4.78, 5) is 38.7. The molecule has 1 saturated heterocycles. The van der Waals surface area contributed by atoms with Crippen molar-refractivity contribution in [2.75, 3.05) is 19.6 Å². The molecule has 1 aromatic carbocycles. The minimum absolute atomic E-state index is 0.107. The average molecular weight is 377 g/mol. The number of amides is 2. The van der Waals surface area contributed by atoms with Gasteiger partial charge in [0.05, 0.1) is 10.5 Å². The molecule has 2 heterocycles. The van der Waals surface area contributed by atoms with Gasteiger partial charge in [0.25, 0.3) is 5.69 Å². The minimum atomic E-state index is -0.662. The van der Waals surface area contributed by atoms with Gasteiger partial charge >= 0.3 is 6.09 Å². The van der Waals surface area contributed by atoms with Gasteiger partial charge in [-0.25, -0.2) is 4.79 Å². The van der Waals surface area contributed by atoms with Crippen LogP contribution in [0, 0.1) is 10.1 Å². The molecule has 138 valence electrons. The van der Waals surface area contributed by atoms with Gasteiger partial charge < -0.3 is 9.64 Å². The first-order chi connectivity index (χ1) is 12.5. The number of para-hydroxylation sites is 1. The van der Waals surface area contributed by atoms with E-state index in [-0.39, 0.29) is 23.5 Å². The zero-order chi connectivity index (χ0) is 18.7. The number of rotatable bonds is 4. The number of hydrogen-bond donors (Lipinski definition) is 1. The van der Waals surface area contributed by atoms with Gasteiger partial charge in [0.15, 0.2) is 0 Å². The maximum absolute atomic E-state index is 12.6. The Labute approximate surface area is 156 Å². The number of likely N-dealkylation sites (tertiary alicyclic amines) is 1. The molecule has 0 saturated carbocycles. The normalized spacial score (nSPS) is 21.9. The molecule has 0 N–H and O–H groups in total. The molecule has 3 rings (SSSR count). The van der Waals surface area contributed by atoms with Crippen molar-refractivity contribution in [3.05, 3.63) is 52.1 Å². The summed E-state index contributed by atoms with van der Waals surface area (Å²) in [7, 11) is 0. The van der Waals surface area contributed by atoms with Gasteiger partial charge in [-0.15, -0.1) is 0 Å². The summed E-state index contributed by atoms with van der Waals surface area (Å²) in [5, 5.41) is 10.9. The van der Waals surface area contributed by atoms with Crippen molar-refractivity contribution in [1.82, 2.24) is 9.80 Å². The molecule has 1 aromatic rings. The van der Waals surface area contributed by atoms with Crippen molar-refractivity contribution in [2.45, 2.75) is 24.3 Å². The van der Waals surface area contributed by atoms with E-state index in [4.69, 9.17) is 4.74 Å². The van der Waals surface area contributed by atoms with Gasteiger partial charge in [-0.1, -0.05) is 24.3 Å². The lowest BCUT2D eigenvalue weighted by Gasteiger charge is -2.27. The van der Waals surface area contributed by atoms with Gasteiger partial charge in [-0.3, -0.25) is 19.8 Å². The smallest absolute Gasteiger partial charge is 0.410 e. The van der Waals surface area contributed by atoms with Crippen LogP contribution < -0.4 is 0 Å². The Balaban J connectivity index is 1.66. The summed E-state index contributed by atoms with van der Waals surface area (Å²) in [6, 6.07) is 5.47. The monoisotopic (exact) mass is 377 g/mol. The third-order valence-electron chi connectivity index (χ3n) is 4.47. The van der Waals surface area contributed by atoms with Crippen LogP contribution in [0.3, 0.4) is 0 Å². The molecule has 8 nitrogen and oxygen atoms in total. The number of nitrogens with zero attached hydrogens (tertiary/aromatic N) is 3. The van der Waals surface area contributed by atoms with E-state index in [9.17, 15) is 19.7 Å². The third kappa shape index (κ3) is 3.82. The van der Waals surface area contributed by atoms with Crippen molar-refractivity contribution in [1.29, 1.82) is 0 Å². The molecule has 2 aliphatic rings. The van der Waals surface area contributed by atoms with Crippen LogP contribution in [0.15, 0.2) is 36.4 Å². The Morgan fingerprint density at radius 3 is 2.65 bits per heavy atom. The fraction of sp³-hybridized carbons (Fsp3) is 0.412. The topological polar surface area (TPSA) is 93.0 Å². The molecule has 2 atom stereocenters. The Kier molecular flexibility index (Phi) is 5.46. The number of thiol groups is 1. The molecular formula is C17H19N3O5S. The molecule has 0 bridgehead atoms. The number of carbonyl (C=O) groups excluding carboxylic acids is 2. The molecule has 2 aliphatic heterocycles. The van der Waals surface area contributed by atoms with E-state index in [2.05, 4.69) is 12.6 Å². The van der Waals surface area contributed by atoms with Crippen LogP contribution in [-0.4, -0.2) is 57.6 Å². The van der Waals surface area contributed by atoms with Crippen LogP contribution in [0.4, 0.5) is 10.5 Å². The van der Waals surface area contributed by atoms with E-state index >= 15 is 0 Å². The summed E-state index contributed by atoms with van der Waals surface area (Å²) in [6.07, 6.45) is 3.61. The lowest BCUT2D eigenvalue weighted by Crippen LogP contribution is -2.47. The molecular weight excluding hydrogens is 358 g/mol. The second-order valence-corrected chi connectivity index (χ2v) is 6.94. The van der Waals surface area contributed by atoms with E-state index in [0.717, 1.165) is 0 Å². The molecule has 2 amide bonds. The summed E-state index contributed by atoms with van der Waals surface area (Å²) in [6.45, 7) is 1.14. The zero-order valence-corrected chi connectivity index (χ0v) is 14.9. The summed E-state index contributed by atoms with van der Waals surface area (Å²) >= 11 is 4.40. The van der Waals surface area contributed by atoms with Crippen LogP contribution in [0.5, 0.6) is 0 Å². The van der Waals surface area contributed by atoms with Gasteiger partial charge in [-0.2, -0.15) is 12.6 Å². The Morgan fingerprint density at radius 1 is 1.27 bits per heavy atom. The van der Waals surface area contributed by atoms with Crippen molar-refractivity contribution in [3.8, 4) is 0 Å². The maximum atomic E-state index is 12.6. The Bertz CT molecular complexity index is 746. The van der Waals surface area contributed by atoms with Gasteiger partial charge in [0.2, 0.25) is 5.91 Å². The summed E-state index contributed by atoms with van der Waals surface area (Å²) in [5.74, 6) is -0.130. The number of benzene rings is 1. The highest BCUT2D eigenvalue weighted by molar-refractivity contribution is 7.81. The van der Waals surface area contributed by atoms with Crippen LogP contribution in [0.25, 0.3) is 0 Å². The van der Waals surface area contributed by atoms with Crippen molar-refractivity contribution < 1.29 is 19.2 Å². The highest BCUT2D eigenvalue weighted by Gasteiger charge is 2.41. The molecule has 9 heteroatoms. The van der Waals surface area contributed by atoms with Crippen molar-refractivity contribution >= 4 is 30.3 Å². The molecule has 1 fully saturated rings. The molecule has 1 unspecified atom stereocenters. The highest BCUT2D eigenvalue weighted by atomic mass is 32.1. The summed E-state index contributed by atoms with van der Waals surface area (Å²) in [5.41, 5.74) is 0.198. The quantitative estimate of drug-likeness (QED) is 0.375. The van der Waals surface area contributed by atoms with E-state index in [1.165, 1.54) is 17.0 Å². The van der Waals surface area contributed by atoms with Crippen molar-refractivity contribution in [3.63, 3.8) is 0 Å². The molecule has 0 aromatic heterocycles. The largest absolute Gasteiger partial charge is 0.444 e. The number of hydrogen-bond acceptors (Lipinski definition) is 6. The van der Waals surface area contributed by atoms with Crippen LogP contribution in [-0.2, 0) is 16.1 Å². The molecule has 26 heavy (non-hydrogen) atoms. The second kappa shape index (κ2) is 7.77. The molecule has 0 radical (unpaired) electrons.